The van der Waals surface area contributed by atoms with Crippen molar-refractivity contribution in [3.05, 3.63) is 81.8 Å². The Labute approximate surface area is 189 Å². The molecule has 4 nitrogen and oxygen atoms in total. The summed E-state index contributed by atoms with van der Waals surface area (Å²) in [6.07, 6.45) is 6.82. The molecule has 1 atom stereocenters. The van der Waals surface area contributed by atoms with Gasteiger partial charge in [0.15, 0.2) is 5.65 Å². The van der Waals surface area contributed by atoms with Gasteiger partial charge >= 0.3 is 0 Å². The molecule has 0 amide bonds. The Morgan fingerprint density at radius 3 is 2.66 bits per heavy atom. The Morgan fingerprint density at radius 2 is 1.84 bits per heavy atom. The van der Waals surface area contributed by atoms with E-state index < -0.39 is 0 Å². The summed E-state index contributed by atoms with van der Waals surface area (Å²) < 4.78 is 7.64. The van der Waals surface area contributed by atoms with E-state index in [9.17, 15) is 0 Å². The third-order valence-corrected chi connectivity index (χ3v) is 7.44. The fourth-order valence-electron chi connectivity index (χ4n) is 5.88. The first-order valence-electron chi connectivity index (χ1n) is 11.8. The number of ether oxygens (including phenoxy) is 1. The summed E-state index contributed by atoms with van der Waals surface area (Å²) in [6, 6.07) is 15.2. The van der Waals surface area contributed by atoms with Gasteiger partial charge in [0.05, 0.1) is 18.5 Å². The normalized spacial score (nSPS) is 17.4. The van der Waals surface area contributed by atoms with E-state index >= 15 is 0 Å². The molecule has 4 heteroatoms. The Bertz CT molecular complexity index is 1350. The highest BCUT2D eigenvalue weighted by Crippen LogP contribution is 2.40. The maximum Gasteiger partial charge on any atom is 0.163 e. The highest BCUT2D eigenvalue weighted by Gasteiger charge is 2.30. The minimum Gasteiger partial charge on any atom is -0.497 e. The van der Waals surface area contributed by atoms with Crippen LogP contribution in [0.25, 0.3) is 16.8 Å². The van der Waals surface area contributed by atoms with Crippen LogP contribution in [0.15, 0.2) is 42.5 Å². The van der Waals surface area contributed by atoms with Crippen LogP contribution in [0.4, 0.5) is 0 Å². The zero-order chi connectivity index (χ0) is 21.8. The van der Waals surface area contributed by atoms with Crippen molar-refractivity contribution in [2.24, 2.45) is 0 Å². The van der Waals surface area contributed by atoms with Crippen LogP contribution in [-0.4, -0.2) is 21.7 Å². The van der Waals surface area contributed by atoms with Crippen LogP contribution in [0, 0.1) is 13.8 Å². The van der Waals surface area contributed by atoms with E-state index in [-0.39, 0.29) is 0 Å². The lowest BCUT2D eigenvalue weighted by Crippen LogP contribution is -2.19. The zero-order valence-electron chi connectivity index (χ0n) is 19.1. The first kappa shape index (κ1) is 19.5. The molecule has 6 rings (SSSR count). The van der Waals surface area contributed by atoms with E-state index in [0.717, 1.165) is 48.3 Å². The van der Waals surface area contributed by atoms with Gasteiger partial charge in [0.2, 0.25) is 0 Å². The van der Waals surface area contributed by atoms with Gasteiger partial charge in [0.25, 0.3) is 0 Å². The Hall–Kier alpha value is -3.14. The molecule has 2 aliphatic rings. The van der Waals surface area contributed by atoms with Crippen molar-refractivity contribution >= 4 is 5.65 Å². The molecule has 162 valence electrons. The van der Waals surface area contributed by atoms with Crippen LogP contribution in [-0.2, 0) is 25.7 Å². The number of hydrogen-bond donors (Lipinski definition) is 0. The molecule has 0 aliphatic heterocycles. The molecule has 1 unspecified atom stereocenters. The highest BCUT2D eigenvalue weighted by atomic mass is 16.5. The van der Waals surface area contributed by atoms with E-state index in [1.54, 1.807) is 7.11 Å². The van der Waals surface area contributed by atoms with Crippen molar-refractivity contribution < 1.29 is 4.74 Å². The summed E-state index contributed by atoms with van der Waals surface area (Å²) in [5.74, 6) is 1.38. The summed E-state index contributed by atoms with van der Waals surface area (Å²) >= 11 is 0. The lowest BCUT2D eigenvalue weighted by atomic mass is 9.81. The van der Waals surface area contributed by atoms with Gasteiger partial charge in [0.1, 0.15) is 5.75 Å². The third-order valence-electron chi connectivity index (χ3n) is 7.44. The molecule has 2 aromatic heterocycles. The second-order valence-corrected chi connectivity index (χ2v) is 9.36. The fraction of sp³-hybridized carbons (Fsp3) is 0.357. The van der Waals surface area contributed by atoms with Gasteiger partial charge in [-0.15, -0.1) is 0 Å². The Balaban J connectivity index is 1.55. The fourth-order valence-corrected chi connectivity index (χ4v) is 5.88. The van der Waals surface area contributed by atoms with Crippen molar-refractivity contribution in [2.75, 3.05) is 7.11 Å². The summed E-state index contributed by atoms with van der Waals surface area (Å²) in [4.78, 5) is 5.21. The van der Waals surface area contributed by atoms with E-state index in [1.807, 2.05) is 6.07 Å². The van der Waals surface area contributed by atoms with Crippen LogP contribution in [0.3, 0.4) is 0 Å². The smallest absolute Gasteiger partial charge is 0.163 e. The number of rotatable bonds is 3. The molecule has 0 saturated carbocycles. The predicted molar refractivity (Wildman–Crippen MR) is 128 cm³/mol. The largest absolute Gasteiger partial charge is 0.497 e. The molecule has 2 heterocycles. The Kier molecular flexibility index (Phi) is 4.56. The van der Waals surface area contributed by atoms with E-state index in [4.69, 9.17) is 14.8 Å². The third kappa shape index (κ3) is 2.96. The van der Waals surface area contributed by atoms with Gasteiger partial charge in [0, 0.05) is 17.2 Å². The number of aromatic nitrogens is 3. The summed E-state index contributed by atoms with van der Waals surface area (Å²) in [7, 11) is 1.72. The number of aryl methyl sites for hydroxylation is 4. The molecule has 0 saturated heterocycles. The van der Waals surface area contributed by atoms with Crippen molar-refractivity contribution in [1.82, 2.24) is 14.6 Å². The SMILES string of the molecule is COc1ccc(-c2c(C)nn3c(C4CCc5ccccc5C4)c4c(nc23)CCC4)c(C)c1. The average Bonchev–Trinajstić information content (AvgIpc) is 3.40. The van der Waals surface area contributed by atoms with Gasteiger partial charge < -0.3 is 4.74 Å². The summed E-state index contributed by atoms with van der Waals surface area (Å²) in [5.41, 5.74) is 12.8. The van der Waals surface area contributed by atoms with Gasteiger partial charge in [-0.2, -0.15) is 5.10 Å². The van der Waals surface area contributed by atoms with Crippen LogP contribution < -0.4 is 4.74 Å². The second-order valence-electron chi connectivity index (χ2n) is 9.36. The first-order chi connectivity index (χ1) is 15.6. The van der Waals surface area contributed by atoms with Crippen molar-refractivity contribution in [3.63, 3.8) is 0 Å². The molecule has 2 aliphatic carbocycles. The van der Waals surface area contributed by atoms with Gasteiger partial charge in [-0.25, -0.2) is 9.50 Å². The topological polar surface area (TPSA) is 39.4 Å². The molecule has 0 spiro atoms. The minimum absolute atomic E-state index is 0.492. The molecular formula is C28H29N3O. The standard InChI is InChI=1S/C28H29N3O/c1-17-15-22(32-3)13-14-23(17)26-18(2)30-31-27(24-9-6-10-25(24)29-28(26)31)21-12-11-19-7-4-5-8-20(19)16-21/h4-5,7-8,13-15,21H,6,9-12,16H2,1-3H3. The highest BCUT2D eigenvalue weighted by molar-refractivity contribution is 5.82. The second kappa shape index (κ2) is 7.47. The number of benzene rings is 2. The minimum atomic E-state index is 0.492. The van der Waals surface area contributed by atoms with E-state index in [1.165, 1.54) is 52.0 Å². The molecule has 4 aromatic rings. The maximum absolute atomic E-state index is 5.44. The summed E-state index contributed by atoms with van der Waals surface area (Å²) in [5, 5.41) is 5.10. The molecular weight excluding hydrogens is 394 g/mol. The molecule has 32 heavy (non-hydrogen) atoms. The molecule has 0 radical (unpaired) electrons. The molecule has 0 bridgehead atoms. The first-order valence-corrected chi connectivity index (χ1v) is 11.8. The van der Waals surface area contributed by atoms with Crippen LogP contribution in [0.1, 0.15) is 58.1 Å². The van der Waals surface area contributed by atoms with Crippen LogP contribution >= 0.6 is 0 Å². The van der Waals surface area contributed by atoms with Gasteiger partial charge in [-0.3, -0.25) is 0 Å². The van der Waals surface area contributed by atoms with Gasteiger partial charge in [-0.05, 0) is 92.3 Å². The zero-order valence-corrected chi connectivity index (χ0v) is 19.1. The lowest BCUT2D eigenvalue weighted by Gasteiger charge is -2.27. The Morgan fingerprint density at radius 1 is 1.00 bits per heavy atom. The predicted octanol–water partition coefficient (Wildman–Crippen LogP) is 5.78. The lowest BCUT2D eigenvalue weighted by molar-refractivity contribution is 0.414. The quantitative estimate of drug-likeness (QED) is 0.419. The van der Waals surface area contributed by atoms with E-state index in [0.29, 0.717) is 5.92 Å². The van der Waals surface area contributed by atoms with Crippen molar-refractivity contribution in [1.29, 1.82) is 0 Å². The van der Waals surface area contributed by atoms with E-state index in [2.05, 4.69) is 54.8 Å². The number of nitrogens with zero attached hydrogens (tertiary/aromatic N) is 3. The van der Waals surface area contributed by atoms with Crippen LogP contribution in [0.5, 0.6) is 5.75 Å². The molecule has 0 N–H and O–H groups in total. The number of hydrogen-bond acceptors (Lipinski definition) is 3. The maximum atomic E-state index is 5.44. The average molecular weight is 424 g/mol. The van der Waals surface area contributed by atoms with Gasteiger partial charge in [-0.1, -0.05) is 30.3 Å². The number of methoxy groups -OCH3 is 1. The number of fused-ring (bicyclic) bond motifs is 3. The van der Waals surface area contributed by atoms with Crippen molar-refractivity contribution in [2.45, 2.75) is 58.3 Å². The van der Waals surface area contributed by atoms with Crippen LogP contribution in [0.2, 0.25) is 0 Å². The molecule has 0 fully saturated rings. The van der Waals surface area contributed by atoms with Crippen molar-refractivity contribution in [3.8, 4) is 16.9 Å². The monoisotopic (exact) mass is 423 g/mol. The summed E-state index contributed by atoms with van der Waals surface area (Å²) in [6.45, 7) is 4.27. The molecule has 2 aromatic carbocycles.